The second-order valence-corrected chi connectivity index (χ2v) is 6.69. The van der Waals surface area contributed by atoms with Gasteiger partial charge in [0.25, 0.3) is 0 Å². The lowest BCUT2D eigenvalue weighted by molar-refractivity contribution is 0.0526. The summed E-state index contributed by atoms with van der Waals surface area (Å²) in [5, 5.41) is 6.16. The summed E-state index contributed by atoms with van der Waals surface area (Å²) in [7, 11) is 1.69. The van der Waals surface area contributed by atoms with E-state index in [0.717, 1.165) is 25.0 Å². The first kappa shape index (κ1) is 21.9. The van der Waals surface area contributed by atoms with Crippen molar-refractivity contribution < 1.29 is 19.0 Å². The molecule has 23 heavy (non-hydrogen) atoms. The Bertz CT molecular complexity index is 340. The summed E-state index contributed by atoms with van der Waals surface area (Å²) >= 11 is 0. The van der Waals surface area contributed by atoms with E-state index < -0.39 is 5.60 Å². The standard InChI is InChI=1S/C17H34N2O4/c1-14(2)12-22-11-10-18-15(13-21-6)8-7-9-19-16(20)23-17(3,4)5/h15,18H,1,7-13H2,2-6H3,(H,19,20). The van der Waals surface area contributed by atoms with Gasteiger partial charge in [-0.05, 0) is 40.5 Å². The first-order valence-electron chi connectivity index (χ1n) is 8.16. The molecule has 0 saturated heterocycles. The van der Waals surface area contributed by atoms with E-state index in [1.807, 2.05) is 27.7 Å². The van der Waals surface area contributed by atoms with Gasteiger partial charge in [-0.2, -0.15) is 0 Å². The Morgan fingerprint density at radius 2 is 1.96 bits per heavy atom. The van der Waals surface area contributed by atoms with Crippen LogP contribution in [0.1, 0.15) is 40.5 Å². The molecule has 0 bridgehead atoms. The molecule has 6 nitrogen and oxygen atoms in total. The predicted molar refractivity (Wildman–Crippen MR) is 92.8 cm³/mol. The minimum Gasteiger partial charge on any atom is -0.444 e. The largest absolute Gasteiger partial charge is 0.444 e. The molecule has 1 atom stereocenters. The maximum Gasteiger partial charge on any atom is 0.407 e. The normalized spacial score (nSPS) is 12.7. The van der Waals surface area contributed by atoms with E-state index in [0.29, 0.717) is 26.4 Å². The molecule has 0 aromatic carbocycles. The number of hydrogen-bond acceptors (Lipinski definition) is 5. The first-order valence-corrected chi connectivity index (χ1v) is 8.16. The smallest absolute Gasteiger partial charge is 0.407 e. The van der Waals surface area contributed by atoms with Crippen LogP contribution in [-0.2, 0) is 14.2 Å². The minimum atomic E-state index is -0.464. The Morgan fingerprint density at radius 3 is 2.52 bits per heavy atom. The molecule has 0 aromatic heterocycles. The van der Waals surface area contributed by atoms with E-state index in [-0.39, 0.29) is 12.1 Å². The van der Waals surface area contributed by atoms with Crippen molar-refractivity contribution in [2.24, 2.45) is 0 Å². The summed E-state index contributed by atoms with van der Waals surface area (Å²) < 4.78 is 15.9. The van der Waals surface area contributed by atoms with E-state index in [1.54, 1.807) is 7.11 Å². The van der Waals surface area contributed by atoms with Crippen LogP contribution < -0.4 is 10.6 Å². The van der Waals surface area contributed by atoms with Crippen molar-refractivity contribution in [3.63, 3.8) is 0 Å². The van der Waals surface area contributed by atoms with Crippen molar-refractivity contribution in [2.45, 2.75) is 52.2 Å². The average Bonchev–Trinajstić information content (AvgIpc) is 2.40. The number of hydrogen-bond donors (Lipinski definition) is 2. The van der Waals surface area contributed by atoms with Crippen molar-refractivity contribution in [1.82, 2.24) is 10.6 Å². The molecule has 0 aliphatic carbocycles. The van der Waals surface area contributed by atoms with Gasteiger partial charge in [0, 0.05) is 26.2 Å². The zero-order valence-corrected chi connectivity index (χ0v) is 15.4. The van der Waals surface area contributed by atoms with Gasteiger partial charge in [-0.3, -0.25) is 0 Å². The fourth-order valence-corrected chi connectivity index (χ4v) is 1.88. The number of nitrogens with one attached hydrogen (secondary N) is 2. The summed E-state index contributed by atoms with van der Waals surface area (Å²) in [6.07, 6.45) is 1.39. The first-order chi connectivity index (χ1) is 10.7. The summed E-state index contributed by atoms with van der Waals surface area (Å²) in [5.41, 5.74) is 0.556. The molecule has 0 saturated carbocycles. The number of carbonyl (C=O) groups excluding carboxylic acids is 1. The van der Waals surface area contributed by atoms with E-state index in [1.165, 1.54) is 0 Å². The number of carbonyl (C=O) groups is 1. The van der Waals surface area contributed by atoms with Crippen molar-refractivity contribution in [3.8, 4) is 0 Å². The zero-order chi connectivity index (χ0) is 17.7. The highest BCUT2D eigenvalue weighted by Gasteiger charge is 2.15. The highest BCUT2D eigenvalue weighted by atomic mass is 16.6. The fraction of sp³-hybridized carbons (Fsp3) is 0.824. The summed E-state index contributed by atoms with van der Waals surface area (Å²) in [6.45, 7) is 14.5. The number of amides is 1. The number of alkyl carbamates (subject to hydrolysis) is 1. The lowest BCUT2D eigenvalue weighted by atomic mass is 10.1. The Balaban J connectivity index is 3.79. The van der Waals surface area contributed by atoms with Crippen LogP contribution in [0.3, 0.4) is 0 Å². The minimum absolute atomic E-state index is 0.244. The maximum atomic E-state index is 11.5. The molecule has 1 unspecified atom stereocenters. The highest BCUT2D eigenvalue weighted by molar-refractivity contribution is 5.67. The Morgan fingerprint density at radius 1 is 1.26 bits per heavy atom. The second kappa shape index (κ2) is 12.3. The molecular formula is C17H34N2O4. The summed E-state index contributed by atoms with van der Waals surface area (Å²) in [4.78, 5) is 11.5. The Hall–Kier alpha value is -1.11. The van der Waals surface area contributed by atoms with Gasteiger partial charge in [-0.1, -0.05) is 12.2 Å². The summed E-state index contributed by atoms with van der Waals surface area (Å²) in [5.74, 6) is 0. The van der Waals surface area contributed by atoms with Gasteiger partial charge in [0.1, 0.15) is 5.60 Å². The van der Waals surface area contributed by atoms with Crippen molar-refractivity contribution in [2.75, 3.05) is 40.0 Å². The van der Waals surface area contributed by atoms with Crippen molar-refractivity contribution >= 4 is 6.09 Å². The molecule has 0 aliphatic rings. The molecular weight excluding hydrogens is 296 g/mol. The van der Waals surface area contributed by atoms with Gasteiger partial charge < -0.3 is 24.8 Å². The molecule has 2 N–H and O–H groups in total. The quantitative estimate of drug-likeness (QED) is 0.425. The van der Waals surface area contributed by atoms with E-state index >= 15 is 0 Å². The highest BCUT2D eigenvalue weighted by Crippen LogP contribution is 2.06. The topological polar surface area (TPSA) is 68.8 Å². The molecule has 0 heterocycles. The number of ether oxygens (including phenoxy) is 3. The van der Waals surface area contributed by atoms with Gasteiger partial charge in [-0.25, -0.2) is 4.79 Å². The van der Waals surface area contributed by atoms with Gasteiger partial charge in [0.15, 0.2) is 0 Å². The molecule has 6 heteroatoms. The maximum absolute atomic E-state index is 11.5. The van der Waals surface area contributed by atoms with Crippen LogP contribution >= 0.6 is 0 Å². The van der Waals surface area contributed by atoms with Crippen LogP contribution in [0.4, 0.5) is 4.79 Å². The molecule has 0 fully saturated rings. The lowest BCUT2D eigenvalue weighted by Gasteiger charge is -2.20. The summed E-state index contributed by atoms with van der Waals surface area (Å²) in [6, 6.07) is 0.244. The molecule has 136 valence electrons. The monoisotopic (exact) mass is 330 g/mol. The SMILES string of the molecule is C=C(C)COCCNC(CCCNC(=O)OC(C)(C)C)COC. The lowest BCUT2D eigenvalue weighted by Crippen LogP contribution is -2.37. The zero-order valence-electron chi connectivity index (χ0n) is 15.4. The molecule has 0 aromatic rings. The Kier molecular flexibility index (Phi) is 11.7. The van der Waals surface area contributed by atoms with E-state index in [9.17, 15) is 4.79 Å². The van der Waals surface area contributed by atoms with Crippen LogP contribution in [0.15, 0.2) is 12.2 Å². The third-order valence-corrected chi connectivity index (χ3v) is 2.79. The fourth-order valence-electron chi connectivity index (χ4n) is 1.88. The molecule has 0 rings (SSSR count). The molecule has 0 radical (unpaired) electrons. The average molecular weight is 330 g/mol. The van der Waals surface area contributed by atoms with Gasteiger partial charge in [0.05, 0.1) is 19.8 Å². The number of methoxy groups -OCH3 is 1. The van der Waals surface area contributed by atoms with Crippen LogP contribution in [0.5, 0.6) is 0 Å². The molecule has 1 amide bonds. The van der Waals surface area contributed by atoms with Crippen LogP contribution in [0.25, 0.3) is 0 Å². The van der Waals surface area contributed by atoms with Gasteiger partial charge in [-0.15, -0.1) is 0 Å². The number of rotatable bonds is 12. The van der Waals surface area contributed by atoms with E-state index in [2.05, 4.69) is 17.2 Å². The van der Waals surface area contributed by atoms with Gasteiger partial charge in [0.2, 0.25) is 0 Å². The van der Waals surface area contributed by atoms with Crippen LogP contribution in [-0.4, -0.2) is 57.8 Å². The third kappa shape index (κ3) is 15.6. The second-order valence-electron chi connectivity index (χ2n) is 6.69. The molecule has 0 spiro atoms. The van der Waals surface area contributed by atoms with Crippen molar-refractivity contribution in [3.05, 3.63) is 12.2 Å². The van der Waals surface area contributed by atoms with Crippen LogP contribution in [0.2, 0.25) is 0 Å². The third-order valence-electron chi connectivity index (χ3n) is 2.79. The predicted octanol–water partition coefficient (Wildman–Crippen LogP) is 2.49. The van der Waals surface area contributed by atoms with Crippen LogP contribution in [0, 0.1) is 0 Å². The van der Waals surface area contributed by atoms with E-state index in [4.69, 9.17) is 14.2 Å². The molecule has 0 aliphatic heterocycles. The van der Waals surface area contributed by atoms with Gasteiger partial charge >= 0.3 is 6.09 Å². The van der Waals surface area contributed by atoms with Crippen molar-refractivity contribution in [1.29, 1.82) is 0 Å². The Labute approximate surface area is 140 Å².